The van der Waals surface area contributed by atoms with Gasteiger partial charge in [0.05, 0.1) is 13.2 Å². The maximum absolute atomic E-state index is 13.4. The highest BCUT2D eigenvalue weighted by atomic mass is 32.2. The molecule has 1 amide bonds. The van der Waals surface area contributed by atoms with Crippen LogP contribution in [-0.2, 0) is 11.2 Å². The molecule has 2 N–H and O–H groups in total. The van der Waals surface area contributed by atoms with Crippen LogP contribution in [0.15, 0.2) is 47.6 Å². The fourth-order valence-corrected chi connectivity index (χ4v) is 4.72. The van der Waals surface area contributed by atoms with Crippen molar-refractivity contribution in [1.29, 1.82) is 0 Å². The molecule has 162 valence electrons. The van der Waals surface area contributed by atoms with E-state index in [0.29, 0.717) is 5.16 Å². The molecule has 0 saturated carbocycles. The summed E-state index contributed by atoms with van der Waals surface area (Å²) in [6.07, 6.45) is 1.78. The van der Waals surface area contributed by atoms with Crippen LogP contribution in [0.1, 0.15) is 41.9 Å². The Kier molecular flexibility index (Phi) is 6.18. The fraction of sp³-hybridized carbons (Fsp3) is 0.348. The Morgan fingerprint density at radius 1 is 1.19 bits per heavy atom. The molecule has 3 aromatic rings. The second kappa shape index (κ2) is 9.01. The summed E-state index contributed by atoms with van der Waals surface area (Å²) in [4.78, 5) is 13.4. The number of methoxy groups -OCH3 is 1. The minimum atomic E-state index is -0.417. The van der Waals surface area contributed by atoms with E-state index in [4.69, 9.17) is 4.74 Å². The van der Waals surface area contributed by atoms with Gasteiger partial charge in [-0.05, 0) is 55.2 Å². The quantitative estimate of drug-likeness (QED) is 0.600. The van der Waals surface area contributed by atoms with Gasteiger partial charge in [0.2, 0.25) is 11.1 Å². The molecule has 0 aliphatic carbocycles. The van der Waals surface area contributed by atoms with Crippen LogP contribution >= 0.6 is 11.8 Å². The Bertz CT molecular complexity index is 1080. The maximum Gasteiger partial charge on any atom is 0.240 e. The van der Waals surface area contributed by atoms with E-state index in [9.17, 15) is 4.79 Å². The van der Waals surface area contributed by atoms with E-state index in [1.807, 2.05) is 61.0 Å². The number of nitrogens with zero attached hydrogens (tertiary/aromatic N) is 3. The summed E-state index contributed by atoms with van der Waals surface area (Å²) in [6, 6.07) is 13.6. The monoisotopic (exact) mass is 437 g/mol. The van der Waals surface area contributed by atoms with E-state index >= 15 is 0 Å². The summed E-state index contributed by atoms with van der Waals surface area (Å²) in [5.74, 6) is 1.58. The molecule has 0 radical (unpaired) electrons. The van der Waals surface area contributed by atoms with E-state index in [1.165, 1.54) is 11.8 Å². The fourth-order valence-electron chi connectivity index (χ4n) is 3.62. The molecule has 8 heteroatoms. The lowest BCUT2D eigenvalue weighted by atomic mass is 10.0. The van der Waals surface area contributed by atoms with Crippen LogP contribution in [0.5, 0.6) is 5.75 Å². The van der Waals surface area contributed by atoms with Crippen molar-refractivity contribution in [3.8, 4) is 5.75 Å². The number of amides is 1. The molecule has 0 fully saturated rings. The number of rotatable bonds is 6. The highest BCUT2D eigenvalue weighted by molar-refractivity contribution is 8.00. The molecule has 0 spiro atoms. The first kappa shape index (κ1) is 21.2. The van der Waals surface area contributed by atoms with Gasteiger partial charge < -0.3 is 15.5 Å². The predicted molar refractivity (Wildman–Crippen MR) is 123 cm³/mol. The van der Waals surface area contributed by atoms with Crippen molar-refractivity contribution in [3.63, 3.8) is 0 Å². The minimum Gasteiger partial charge on any atom is -0.497 e. The van der Waals surface area contributed by atoms with Gasteiger partial charge in [-0.2, -0.15) is 0 Å². The second-order valence-corrected chi connectivity index (χ2v) is 8.82. The molecule has 1 aromatic heterocycles. The van der Waals surface area contributed by atoms with Crippen LogP contribution in [0.25, 0.3) is 0 Å². The normalized spacial score (nSPS) is 17.5. The van der Waals surface area contributed by atoms with Crippen LogP contribution in [0.2, 0.25) is 0 Å². The number of fused-ring (bicyclic) bond motifs is 1. The van der Waals surface area contributed by atoms with E-state index < -0.39 is 5.25 Å². The van der Waals surface area contributed by atoms with Crippen LogP contribution in [0.3, 0.4) is 0 Å². The molecule has 2 atom stereocenters. The first-order valence-corrected chi connectivity index (χ1v) is 11.3. The molecule has 0 unspecified atom stereocenters. The van der Waals surface area contributed by atoms with Crippen molar-refractivity contribution in [1.82, 2.24) is 14.9 Å². The molecular formula is C23H27N5O2S. The molecule has 4 rings (SSSR count). The van der Waals surface area contributed by atoms with Crippen LogP contribution in [-0.4, -0.2) is 33.1 Å². The SMILES string of the molecule is CCCc1nnc2n1N[C@H](c1ccc(OC)cc1)[C@H](C(=O)Nc1cc(C)ccc1C)S2. The maximum atomic E-state index is 13.4. The summed E-state index contributed by atoms with van der Waals surface area (Å²) in [6.45, 7) is 6.12. The van der Waals surface area contributed by atoms with Crippen LogP contribution < -0.4 is 15.5 Å². The van der Waals surface area contributed by atoms with Crippen molar-refractivity contribution >= 4 is 23.4 Å². The molecule has 0 bridgehead atoms. The zero-order valence-corrected chi connectivity index (χ0v) is 19.0. The Hall–Kier alpha value is -3.00. The summed E-state index contributed by atoms with van der Waals surface area (Å²) in [7, 11) is 1.64. The van der Waals surface area contributed by atoms with Gasteiger partial charge in [0, 0.05) is 12.1 Å². The zero-order valence-electron chi connectivity index (χ0n) is 18.2. The number of carbonyl (C=O) groups excluding carboxylic acids is 1. The summed E-state index contributed by atoms with van der Waals surface area (Å²) in [5, 5.41) is 12.0. The third-order valence-electron chi connectivity index (χ3n) is 5.36. The lowest BCUT2D eigenvalue weighted by Crippen LogP contribution is -2.41. The molecule has 2 heterocycles. The standard InChI is InChI=1S/C23H27N5O2S/c1-5-6-19-25-26-23-28(19)27-20(16-9-11-17(30-4)12-10-16)21(31-23)22(29)24-18-13-14(2)7-8-15(18)3/h7-13,20-21,27H,5-6H2,1-4H3,(H,24,29)/t20-,21-/m1/s1. The van der Waals surface area contributed by atoms with E-state index in [-0.39, 0.29) is 11.9 Å². The summed E-state index contributed by atoms with van der Waals surface area (Å²) >= 11 is 1.44. The Morgan fingerprint density at radius 2 is 1.97 bits per heavy atom. The molecule has 7 nitrogen and oxygen atoms in total. The first-order valence-electron chi connectivity index (χ1n) is 10.4. The van der Waals surface area contributed by atoms with E-state index in [2.05, 4.69) is 27.9 Å². The van der Waals surface area contributed by atoms with Gasteiger partial charge in [-0.15, -0.1) is 10.2 Å². The zero-order chi connectivity index (χ0) is 22.0. The number of hydrogen-bond donors (Lipinski definition) is 2. The topological polar surface area (TPSA) is 81.1 Å². The molecule has 31 heavy (non-hydrogen) atoms. The Morgan fingerprint density at radius 3 is 2.68 bits per heavy atom. The number of benzene rings is 2. The smallest absolute Gasteiger partial charge is 0.240 e. The highest BCUT2D eigenvalue weighted by Gasteiger charge is 2.38. The Labute approximate surface area is 186 Å². The summed E-state index contributed by atoms with van der Waals surface area (Å²) in [5.41, 5.74) is 7.46. The first-order chi connectivity index (χ1) is 15.0. The number of nitrogens with one attached hydrogen (secondary N) is 2. The number of thioether (sulfide) groups is 1. The van der Waals surface area contributed by atoms with Crippen LogP contribution in [0.4, 0.5) is 5.69 Å². The Balaban J connectivity index is 1.67. The number of hydrogen-bond acceptors (Lipinski definition) is 6. The molecule has 2 aromatic carbocycles. The third kappa shape index (κ3) is 4.39. The lowest BCUT2D eigenvalue weighted by molar-refractivity contribution is -0.116. The van der Waals surface area contributed by atoms with E-state index in [1.54, 1.807) is 7.11 Å². The van der Waals surface area contributed by atoms with Crippen molar-refractivity contribution in [2.45, 2.75) is 50.1 Å². The van der Waals surface area contributed by atoms with E-state index in [0.717, 1.165) is 46.8 Å². The van der Waals surface area contributed by atoms with Gasteiger partial charge in [0.25, 0.3) is 0 Å². The molecule has 1 aliphatic heterocycles. The summed E-state index contributed by atoms with van der Waals surface area (Å²) < 4.78 is 7.22. The molecule has 0 saturated heterocycles. The number of aryl methyl sites for hydroxylation is 3. The molecular weight excluding hydrogens is 410 g/mol. The van der Waals surface area contributed by atoms with Gasteiger partial charge in [-0.1, -0.05) is 43.0 Å². The average Bonchev–Trinajstić information content (AvgIpc) is 3.17. The molecule has 1 aliphatic rings. The van der Waals surface area contributed by atoms with Gasteiger partial charge in [-0.3, -0.25) is 4.79 Å². The van der Waals surface area contributed by atoms with Gasteiger partial charge in [-0.25, -0.2) is 4.68 Å². The van der Waals surface area contributed by atoms with Crippen LogP contribution in [0, 0.1) is 13.8 Å². The van der Waals surface area contributed by atoms with Crippen molar-refractivity contribution in [2.75, 3.05) is 17.9 Å². The lowest BCUT2D eigenvalue weighted by Gasteiger charge is -2.33. The average molecular weight is 438 g/mol. The number of aromatic nitrogens is 3. The van der Waals surface area contributed by atoms with Gasteiger partial charge in [0.1, 0.15) is 11.0 Å². The number of ether oxygens (including phenoxy) is 1. The predicted octanol–water partition coefficient (Wildman–Crippen LogP) is 4.25. The third-order valence-corrected chi connectivity index (χ3v) is 6.58. The van der Waals surface area contributed by atoms with Crippen molar-refractivity contribution < 1.29 is 9.53 Å². The van der Waals surface area contributed by atoms with Gasteiger partial charge >= 0.3 is 0 Å². The van der Waals surface area contributed by atoms with Gasteiger partial charge in [0.15, 0.2) is 5.82 Å². The number of carbonyl (C=O) groups is 1. The second-order valence-electron chi connectivity index (χ2n) is 7.71. The van der Waals surface area contributed by atoms with Crippen molar-refractivity contribution in [2.24, 2.45) is 0 Å². The minimum absolute atomic E-state index is 0.0710. The largest absolute Gasteiger partial charge is 0.497 e. The van der Waals surface area contributed by atoms with Crippen molar-refractivity contribution in [3.05, 3.63) is 65.0 Å². The number of anilines is 1. The highest BCUT2D eigenvalue weighted by Crippen LogP contribution is 2.38.